The van der Waals surface area contributed by atoms with E-state index in [0.29, 0.717) is 0 Å². The molecule has 4 heteroatoms. The van der Waals surface area contributed by atoms with Gasteiger partial charge < -0.3 is 10.2 Å². The van der Waals surface area contributed by atoms with E-state index in [1.165, 1.54) is 61.6 Å². The summed E-state index contributed by atoms with van der Waals surface area (Å²) < 4.78 is 0. The van der Waals surface area contributed by atoms with Crippen molar-refractivity contribution in [3.63, 3.8) is 0 Å². The SMILES string of the molecule is CCCNCc1cnc(N2CCCCCCC2)s1. The smallest absolute Gasteiger partial charge is 0.185 e. The van der Waals surface area contributed by atoms with Crippen molar-refractivity contribution >= 4 is 16.5 Å². The average molecular weight is 267 g/mol. The van der Waals surface area contributed by atoms with Crippen molar-refractivity contribution in [1.29, 1.82) is 0 Å². The van der Waals surface area contributed by atoms with E-state index in [-0.39, 0.29) is 0 Å². The van der Waals surface area contributed by atoms with Gasteiger partial charge in [0.1, 0.15) is 0 Å². The monoisotopic (exact) mass is 267 g/mol. The van der Waals surface area contributed by atoms with Gasteiger partial charge in [0.15, 0.2) is 5.13 Å². The fourth-order valence-electron chi connectivity index (χ4n) is 2.35. The van der Waals surface area contributed by atoms with Gasteiger partial charge in [-0.15, -0.1) is 11.3 Å². The Balaban J connectivity index is 1.86. The normalized spacial score (nSPS) is 17.5. The minimum Gasteiger partial charge on any atom is -0.348 e. The molecule has 0 aromatic carbocycles. The third kappa shape index (κ3) is 4.25. The maximum absolute atomic E-state index is 4.60. The summed E-state index contributed by atoms with van der Waals surface area (Å²) in [4.78, 5) is 8.44. The van der Waals surface area contributed by atoms with Gasteiger partial charge in [0.25, 0.3) is 0 Å². The molecule has 1 saturated heterocycles. The molecule has 0 radical (unpaired) electrons. The Bertz CT molecular complexity index is 330. The van der Waals surface area contributed by atoms with E-state index in [4.69, 9.17) is 0 Å². The number of anilines is 1. The number of thiazole rings is 1. The molecule has 1 fully saturated rings. The summed E-state index contributed by atoms with van der Waals surface area (Å²) in [6, 6.07) is 0. The fraction of sp³-hybridized carbons (Fsp3) is 0.786. The summed E-state index contributed by atoms with van der Waals surface area (Å²) in [6.07, 6.45) is 10.1. The molecule has 0 aliphatic carbocycles. The van der Waals surface area contributed by atoms with Gasteiger partial charge >= 0.3 is 0 Å². The molecular formula is C14H25N3S. The lowest BCUT2D eigenvalue weighted by Crippen LogP contribution is -2.26. The lowest BCUT2D eigenvalue weighted by atomic mass is 10.1. The number of nitrogens with one attached hydrogen (secondary N) is 1. The van der Waals surface area contributed by atoms with E-state index in [0.717, 1.165) is 13.1 Å². The number of rotatable bonds is 5. The molecule has 0 unspecified atom stereocenters. The van der Waals surface area contributed by atoms with Crippen LogP contribution in [0, 0.1) is 0 Å². The summed E-state index contributed by atoms with van der Waals surface area (Å²) in [6.45, 7) is 6.65. The number of aromatic nitrogens is 1. The van der Waals surface area contributed by atoms with Crippen molar-refractivity contribution in [3.8, 4) is 0 Å². The van der Waals surface area contributed by atoms with Crippen LogP contribution >= 0.6 is 11.3 Å². The van der Waals surface area contributed by atoms with E-state index >= 15 is 0 Å². The Hall–Kier alpha value is -0.610. The zero-order chi connectivity index (χ0) is 12.6. The van der Waals surface area contributed by atoms with Crippen LogP contribution in [0.25, 0.3) is 0 Å². The Morgan fingerprint density at radius 1 is 1.22 bits per heavy atom. The third-order valence-corrected chi connectivity index (χ3v) is 4.45. The number of hydrogen-bond acceptors (Lipinski definition) is 4. The minimum absolute atomic E-state index is 0.972. The first-order valence-corrected chi connectivity index (χ1v) is 8.12. The predicted octanol–water partition coefficient (Wildman–Crippen LogP) is 3.41. The lowest BCUT2D eigenvalue weighted by molar-refractivity contribution is 0.556. The quantitative estimate of drug-likeness (QED) is 0.829. The van der Waals surface area contributed by atoms with E-state index in [1.807, 2.05) is 17.5 Å². The number of hydrogen-bond donors (Lipinski definition) is 1. The summed E-state index contributed by atoms with van der Waals surface area (Å²) >= 11 is 1.86. The second-order valence-corrected chi connectivity index (χ2v) is 6.13. The Morgan fingerprint density at radius 2 is 1.94 bits per heavy atom. The van der Waals surface area contributed by atoms with Gasteiger partial charge in [0.2, 0.25) is 0 Å². The zero-order valence-electron chi connectivity index (χ0n) is 11.5. The Kier molecular flexibility index (Phi) is 5.94. The molecule has 1 aliphatic heterocycles. The molecule has 0 saturated carbocycles. The van der Waals surface area contributed by atoms with Crippen LogP contribution in [0.4, 0.5) is 5.13 Å². The summed E-state index contributed by atoms with van der Waals surface area (Å²) in [5.74, 6) is 0. The molecule has 0 amide bonds. The molecule has 1 aromatic heterocycles. The van der Waals surface area contributed by atoms with Crippen LogP contribution in [0.2, 0.25) is 0 Å². The van der Waals surface area contributed by atoms with Gasteiger partial charge in [0, 0.05) is 30.7 Å². The lowest BCUT2D eigenvalue weighted by Gasteiger charge is -2.23. The first-order valence-electron chi connectivity index (χ1n) is 7.30. The minimum atomic E-state index is 0.972. The average Bonchev–Trinajstić information content (AvgIpc) is 2.78. The first-order chi connectivity index (χ1) is 8.90. The molecule has 102 valence electrons. The third-order valence-electron chi connectivity index (χ3n) is 3.39. The van der Waals surface area contributed by atoms with Crippen molar-refractivity contribution in [3.05, 3.63) is 11.1 Å². The highest BCUT2D eigenvalue weighted by atomic mass is 32.1. The highest BCUT2D eigenvalue weighted by molar-refractivity contribution is 7.15. The van der Waals surface area contributed by atoms with E-state index in [2.05, 4.69) is 22.1 Å². The molecule has 1 aliphatic rings. The van der Waals surface area contributed by atoms with Gasteiger partial charge in [0.05, 0.1) is 0 Å². The Labute approximate surface area is 115 Å². The van der Waals surface area contributed by atoms with Crippen LogP contribution in [0.1, 0.15) is 50.3 Å². The van der Waals surface area contributed by atoms with Crippen LogP contribution in [-0.4, -0.2) is 24.6 Å². The van der Waals surface area contributed by atoms with Crippen LogP contribution in [0.5, 0.6) is 0 Å². The topological polar surface area (TPSA) is 28.2 Å². The number of nitrogens with zero attached hydrogens (tertiary/aromatic N) is 2. The molecule has 0 bridgehead atoms. The van der Waals surface area contributed by atoms with Crippen molar-refractivity contribution < 1.29 is 0 Å². The maximum Gasteiger partial charge on any atom is 0.185 e. The molecule has 3 nitrogen and oxygen atoms in total. The van der Waals surface area contributed by atoms with Gasteiger partial charge in [-0.2, -0.15) is 0 Å². The van der Waals surface area contributed by atoms with Crippen molar-refractivity contribution in [1.82, 2.24) is 10.3 Å². The molecule has 2 heterocycles. The first kappa shape index (κ1) is 13.8. The van der Waals surface area contributed by atoms with Gasteiger partial charge in [-0.25, -0.2) is 4.98 Å². The summed E-state index contributed by atoms with van der Waals surface area (Å²) in [5.41, 5.74) is 0. The van der Waals surface area contributed by atoms with Crippen LogP contribution < -0.4 is 10.2 Å². The van der Waals surface area contributed by atoms with Gasteiger partial charge in [-0.1, -0.05) is 26.2 Å². The molecule has 1 N–H and O–H groups in total. The highest BCUT2D eigenvalue weighted by Crippen LogP contribution is 2.24. The molecule has 2 rings (SSSR count). The predicted molar refractivity (Wildman–Crippen MR) is 79.4 cm³/mol. The zero-order valence-corrected chi connectivity index (χ0v) is 12.3. The van der Waals surface area contributed by atoms with Crippen LogP contribution in [0.3, 0.4) is 0 Å². The largest absolute Gasteiger partial charge is 0.348 e. The van der Waals surface area contributed by atoms with Crippen molar-refractivity contribution in [2.75, 3.05) is 24.5 Å². The second-order valence-electron chi connectivity index (χ2n) is 5.04. The van der Waals surface area contributed by atoms with Crippen molar-refractivity contribution in [2.24, 2.45) is 0 Å². The molecule has 0 atom stereocenters. The standard InChI is InChI=1S/C14H25N3S/c1-2-8-15-11-13-12-16-14(18-13)17-9-6-4-3-5-7-10-17/h12,15H,2-11H2,1H3. The summed E-state index contributed by atoms with van der Waals surface area (Å²) in [5, 5.41) is 4.67. The summed E-state index contributed by atoms with van der Waals surface area (Å²) in [7, 11) is 0. The molecule has 1 aromatic rings. The van der Waals surface area contributed by atoms with Gasteiger partial charge in [-0.3, -0.25) is 0 Å². The van der Waals surface area contributed by atoms with Crippen LogP contribution in [0.15, 0.2) is 6.20 Å². The van der Waals surface area contributed by atoms with E-state index < -0.39 is 0 Å². The molecule has 18 heavy (non-hydrogen) atoms. The van der Waals surface area contributed by atoms with Crippen molar-refractivity contribution in [2.45, 2.75) is 52.0 Å². The van der Waals surface area contributed by atoms with Gasteiger partial charge in [-0.05, 0) is 25.8 Å². The second kappa shape index (κ2) is 7.74. The Morgan fingerprint density at radius 3 is 2.67 bits per heavy atom. The highest BCUT2D eigenvalue weighted by Gasteiger charge is 2.12. The maximum atomic E-state index is 4.60. The molecule has 0 spiro atoms. The molecular weight excluding hydrogens is 242 g/mol. The van der Waals surface area contributed by atoms with E-state index in [9.17, 15) is 0 Å². The van der Waals surface area contributed by atoms with Crippen LogP contribution in [-0.2, 0) is 6.54 Å². The van der Waals surface area contributed by atoms with E-state index in [1.54, 1.807) is 0 Å². The fourth-order valence-corrected chi connectivity index (χ4v) is 3.28.